The Morgan fingerprint density at radius 3 is 2.35 bits per heavy atom. The third-order valence-electron chi connectivity index (χ3n) is 2.79. The molecule has 2 heterocycles. The van der Waals surface area contributed by atoms with Crippen LogP contribution in [0.5, 0.6) is 0 Å². The quantitative estimate of drug-likeness (QED) is 0.467. The summed E-state index contributed by atoms with van der Waals surface area (Å²) in [5, 5.41) is -0.551. The predicted octanol–water partition coefficient (Wildman–Crippen LogP) is -4.10. The van der Waals surface area contributed by atoms with Crippen molar-refractivity contribution in [3.05, 3.63) is 27.2 Å². The van der Waals surface area contributed by atoms with E-state index in [1.807, 2.05) is 23.5 Å². The van der Waals surface area contributed by atoms with Gasteiger partial charge in [-0.25, -0.2) is 9.78 Å². The van der Waals surface area contributed by atoms with Gasteiger partial charge in [0.05, 0.1) is 6.33 Å². The van der Waals surface area contributed by atoms with Gasteiger partial charge in [-0.05, 0) is 5.24 Å². The van der Waals surface area contributed by atoms with Gasteiger partial charge in [0.25, 0.3) is 5.56 Å². The fourth-order valence-electron chi connectivity index (χ4n) is 1.93. The SMILES string of the molecule is BC(B)(B)n1c(=O)c2c(ncn2C)n(C)c1=O. The van der Waals surface area contributed by atoms with Crippen molar-refractivity contribution in [3.8, 4) is 0 Å². The van der Waals surface area contributed by atoms with Gasteiger partial charge in [0, 0.05) is 14.1 Å². The van der Waals surface area contributed by atoms with Crippen LogP contribution in [0.15, 0.2) is 15.9 Å². The molecule has 0 saturated heterocycles. The Balaban J connectivity index is 3.12. The Morgan fingerprint density at radius 2 is 1.82 bits per heavy atom. The van der Waals surface area contributed by atoms with E-state index in [-0.39, 0.29) is 11.2 Å². The zero-order valence-corrected chi connectivity index (χ0v) is 10.7. The molecule has 0 aliphatic carbocycles. The summed E-state index contributed by atoms with van der Waals surface area (Å²) in [5.41, 5.74) is 0.231. The fraction of sp³-hybridized carbons (Fsp3) is 0.375. The lowest BCUT2D eigenvalue weighted by molar-refractivity contribution is 0.643. The summed E-state index contributed by atoms with van der Waals surface area (Å²) in [4.78, 5) is 28.5. The smallest absolute Gasteiger partial charge is 0.328 e. The van der Waals surface area contributed by atoms with Gasteiger partial charge in [-0.3, -0.25) is 13.9 Å². The summed E-state index contributed by atoms with van der Waals surface area (Å²) < 4.78 is 4.30. The molecule has 0 aromatic carbocycles. The zero-order chi connectivity index (χ0) is 13.0. The lowest BCUT2D eigenvalue weighted by atomic mass is 9.49. The normalized spacial score (nSPS) is 12.1. The molecule has 0 radical (unpaired) electrons. The highest BCUT2D eigenvalue weighted by Crippen LogP contribution is 2.04. The first-order valence-electron chi connectivity index (χ1n) is 5.38. The van der Waals surface area contributed by atoms with E-state index in [2.05, 4.69) is 4.98 Å². The molecule has 2 aromatic rings. The summed E-state index contributed by atoms with van der Waals surface area (Å²) >= 11 is 0. The Kier molecular flexibility index (Phi) is 2.38. The second-order valence-electron chi connectivity index (χ2n) is 5.18. The molecule has 0 aliphatic rings. The molecule has 0 N–H and O–H groups in total. The lowest BCUT2D eigenvalue weighted by Crippen LogP contribution is -2.52. The molecule has 86 valence electrons. The number of nitrogens with zero attached hydrogens (tertiary/aromatic N) is 4. The molecule has 0 bridgehead atoms. The predicted molar refractivity (Wildman–Crippen MR) is 73.8 cm³/mol. The number of aryl methyl sites for hydroxylation is 2. The highest BCUT2D eigenvalue weighted by Gasteiger charge is 2.23. The maximum absolute atomic E-state index is 12.3. The standard InChI is InChI=1S/C8H13B3N4O2/c1-13-3-12-5-4(13)6(16)15(8(9,10)11)7(17)14(5)2/h3H,9-11H2,1-2H3. The fourth-order valence-corrected chi connectivity index (χ4v) is 1.93. The monoisotopic (exact) mass is 230 g/mol. The van der Waals surface area contributed by atoms with Crippen molar-refractivity contribution in [2.24, 2.45) is 14.1 Å². The third-order valence-corrected chi connectivity index (χ3v) is 2.79. The van der Waals surface area contributed by atoms with Crippen molar-refractivity contribution >= 4 is 34.7 Å². The van der Waals surface area contributed by atoms with E-state index in [0.717, 1.165) is 0 Å². The number of aromatic nitrogens is 4. The summed E-state index contributed by atoms with van der Waals surface area (Å²) in [5.74, 6) is 0. The van der Waals surface area contributed by atoms with Gasteiger partial charge in [0.15, 0.2) is 11.2 Å². The number of fused-ring (bicyclic) bond motifs is 1. The lowest BCUT2D eigenvalue weighted by Gasteiger charge is -2.22. The van der Waals surface area contributed by atoms with E-state index in [9.17, 15) is 9.59 Å². The number of imidazole rings is 1. The van der Waals surface area contributed by atoms with Crippen molar-refractivity contribution in [3.63, 3.8) is 0 Å². The van der Waals surface area contributed by atoms with Crippen molar-refractivity contribution < 1.29 is 0 Å². The van der Waals surface area contributed by atoms with E-state index in [1.54, 1.807) is 25.0 Å². The van der Waals surface area contributed by atoms with Gasteiger partial charge in [0.2, 0.25) is 0 Å². The molecule has 6 nitrogen and oxygen atoms in total. The molecule has 0 saturated carbocycles. The molecule has 0 amide bonds. The molecule has 0 aliphatic heterocycles. The minimum atomic E-state index is -0.551. The molecule has 0 atom stereocenters. The van der Waals surface area contributed by atoms with E-state index in [4.69, 9.17) is 0 Å². The zero-order valence-electron chi connectivity index (χ0n) is 10.7. The highest BCUT2D eigenvalue weighted by atomic mass is 16.2. The van der Waals surface area contributed by atoms with E-state index in [1.165, 1.54) is 9.13 Å². The van der Waals surface area contributed by atoms with Crippen LogP contribution < -0.4 is 11.2 Å². The summed E-state index contributed by atoms with van der Waals surface area (Å²) in [6, 6.07) is 0. The summed E-state index contributed by atoms with van der Waals surface area (Å²) in [7, 11) is 8.86. The van der Waals surface area contributed by atoms with Crippen LogP contribution in [0.3, 0.4) is 0 Å². The average Bonchev–Trinajstić information content (AvgIpc) is 2.55. The van der Waals surface area contributed by atoms with Crippen LogP contribution in [0.1, 0.15) is 0 Å². The largest absolute Gasteiger partial charge is 0.330 e. The first-order chi connectivity index (χ1) is 7.75. The maximum atomic E-state index is 12.3. The molecular formula is C8H13B3N4O2. The Bertz CT molecular complexity index is 706. The molecular weight excluding hydrogens is 217 g/mol. The van der Waals surface area contributed by atoms with Crippen molar-refractivity contribution in [1.82, 2.24) is 18.7 Å². The molecule has 0 spiro atoms. The van der Waals surface area contributed by atoms with Gasteiger partial charge in [-0.1, -0.05) is 0 Å². The van der Waals surface area contributed by atoms with Crippen molar-refractivity contribution in [2.75, 3.05) is 0 Å². The van der Waals surface area contributed by atoms with Gasteiger partial charge < -0.3 is 4.57 Å². The second kappa shape index (κ2) is 3.42. The Labute approximate surface area is 100 Å². The molecule has 0 unspecified atom stereocenters. The van der Waals surface area contributed by atoms with Crippen LogP contribution in [-0.2, 0) is 19.3 Å². The number of rotatable bonds is 1. The van der Waals surface area contributed by atoms with Gasteiger partial charge in [-0.15, -0.1) is 0 Å². The van der Waals surface area contributed by atoms with Crippen LogP contribution in [0.25, 0.3) is 11.2 Å². The minimum Gasteiger partial charge on any atom is -0.328 e. The maximum Gasteiger partial charge on any atom is 0.330 e. The number of hydrogen-bond acceptors (Lipinski definition) is 3. The second-order valence-corrected chi connectivity index (χ2v) is 5.18. The van der Waals surface area contributed by atoms with E-state index >= 15 is 0 Å². The third kappa shape index (κ3) is 1.57. The molecule has 2 rings (SSSR count). The molecule has 2 aromatic heterocycles. The van der Waals surface area contributed by atoms with Gasteiger partial charge >= 0.3 is 5.69 Å². The van der Waals surface area contributed by atoms with Crippen molar-refractivity contribution in [2.45, 2.75) is 5.24 Å². The highest BCUT2D eigenvalue weighted by molar-refractivity contribution is 6.56. The summed E-state index contributed by atoms with van der Waals surface area (Å²) in [6.45, 7) is 0. The topological polar surface area (TPSA) is 61.8 Å². The van der Waals surface area contributed by atoms with Crippen molar-refractivity contribution in [1.29, 1.82) is 0 Å². The minimum absolute atomic E-state index is 0.296. The summed E-state index contributed by atoms with van der Waals surface area (Å²) in [6.07, 6.45) is 1.54. The first-order valence-corrected chi connectivity index (χ1v) is 5.38. The molecule has 9 heteroatoms. The van der Waals surface area contributed by atoms with E-state index < -0.39 is 5.24 Å². The van der Waals surface area contributed by atoms with Crippen LogP contribution in [0.2, 0.25) is 0 Å². The van der Waals surface area contributed by atoms with Gasteiger partial charge in [0.1, 0.15) is 23.5 Å². The van der Waals surface area contributed by atoms with Gasteiger partial charge in [-0.2, -0.15) is 0 Å². The Hall–Kier alpha value is -1.66. The van der Waals surface area contributed by atoms with Crippen LogP contribution in [-0.4, -0.2) is 42.2 Å². The first kappa shape index (κ1) is 11.8. The Morgan fingerprint density at radius 1 is 1.24 bits per heavy atom. The van der Waals surface area contributed by atoms with Crippen LogP contribution in [0, 0.1) is 0 Å². The van der Waals surface area contributed by atoms with Crippen LogP contribution in [0.4, 0.5) is 0 Å². The number of hydrogen-bond donors (Lipinski definition) is 0. The molecule has 0 fully saturated rings. The van der Waals surface area contributed by atoms with Crippen LogP contribution >= 0.6 is 0 Å². The molecule has 17 heavy (non-hydrogen) atoms. The van der Waals surface area contributed by atoms with E-state index in [0.29, 0.717) is 11.2 Å². The average molecular weight is 230 g/mol.